The minimum atomic E-state index is 0. The lowest BCUT2D eigenvalue weighted by atomic mass is 10.1. The Balaban J connectivity index is 0.00000180. The molecule has 0 atom stereocenters. The molecule has 0 aliphatic heterocycles. The van der Waals surface area contributed by atoms with Gasteiger partial charge in [-0.05, 0) is 12.1 Å². The third-order valence-electron chi connectivity index (χ3n) is 2.67. The number of nitrogens with one attached hydrogen (secondary N) is 1. The summed E-state index contributed by atoms with van der Waals surface area (Å²) in [7, 11) is 3.19. The van der Waals surface area contributed by atoms with Crippen LogP contribution >= 0.6 is 12.4 Å². The van der Waals surface area contributed by atoms with E-state index in [1.807, 2.05) is 18.2 Å². The molecule has 0 fully saturated rings. The standard InChI is InChI=1S/C13H16N2O3.ClH/c1-17-12-7-9-10(15-5-6-16)3-4-14-11(9)8-13(12)18-2;/h3-4,7-8,16H,5-6H2,1-2H3,(H,14,15);1H. The molecule has 1 aromatic heterocycles. The molecule has 104 valence electrons. The number of benzene rings is 1. The monoisotopic (exact) mass is 284 g/mol. The van der Waals surface area contributed by atoms with E-state index in [-0.39, 0.29) is 19.0 Å². The van der Waals surface area contributed by atoms with Crippen LogP contribution in [0.3, 0.4) is 0 Å². The molecule has 0 spiro atoms. The maximum atomic E-state index is 8.86. The molecule has 0 aliphatic rings. The fourth-order valence-electron chi connectivity index (χ4n) is 1.82. The molecule has 2 aromatic rings. The predicted molar refractivity (Wildman–Crippen MR) is 77.7 cm³/mol. The van der Waals surface area contributed by atoms with Crippen molar-refractivity contribution in [2.45, 2.75) is 0 Å². The molecular formula is C13H17ClN2O3. The van der Waals surface area contributed by atoms with Gasteiger partial charge in [-0.2, -0.15) is 0 Å². The van der Waals surface area contributed by atoms with E-state index in [4.69, 9.17) is 14.6 Å². The van der Waals surface area contributed by atoms with Gasteiger partial charge in [0, 0.05) is 29.9 Å². The first-order chi connectivity index (χ1) is 8.80. The van der Waals surface area contributed by atoms with Crippen molar-refractivity contribution in [2.75, 3.05) is 32.7 Å². The number of aromatic nitrogens is 1. The summed E-state index contributed by atoms with van der Waals surface area (Å²) in [5.74, 6) is 1.31. The minimum Gasteiger partial charge on any atom is -0.493 e. The molecule has 0 amide bonds. The number of fused-ring (bicyclic) bond motifs is 1. The number of halogens is 1. The van der Waals surface area contributed by atoms with E-state index < -0.39 is 0 Å². The third kappa shape index (κ3) is 3.19. The number of rotatable bonds is 5. The van der Waals surface area contributed by atoms with Crippen LogP contribution in [0.5, 0.6) is 11.5 Å². The van der Waals surface area contributed by atoms with Gasteiger partial charge in [0.25, 0.3) is 0 Å². The molecule has 1 heterocycles. The number of nitrogens with zero attached hydrogens (tertiary/aromatic N) is 1. The molecular weight excluding hydrogens is 268 g/mol. The number of ether oxygens (including phenoxy) is 2. The Morgan fingerprint density at radius 2 is 1.89 bits per heavy atom. The molecule has 0 aliphatic carbocycles. The summed E-state index contributed by atoms with van der Waals surface area (Å²) < 4.78 is 10.5. The SMILES string of the molecule is COc1cc2nccc(NCCO)c2cc1OC.Cl. The number of pyridine rings is 1. The van der Waals surface area contributed by atoms with Crippen LogP contribution in [-0.2, 0) is 0 Å². The maximum absolute atomic E-state index is 8.86. The molecule has 2 N–H and O–H groups in total. The van der Waals surface area contributed by atoms with Gasteiger partial charge < -0.3 is 19.9 Å². The van der Waals surface area contributed by atoms with Crippen LogP contribution in [0, 0.1) is 0 Å². The Kier molecular flexibility index (Phi) is 5.66. The van der Waals surface area contributed by atoms with E-state index in [0.717, 1.165) is 16.6 Å². The fourth-order valence-corrected chi connectivity index (χ4v) is 1.82. The Morgan fingerprint density at radius 1 is 1.21 bits per heavy atom. The van der Waals surface area contributed by atoms with Crippen molar-refractivity contribution >= 4 is 29.0 Å². The quantitative estimate of drug-likeness (QED) is 0.880. The van der Waals surface area contributed by atoms with Crippen molar-refractivity contribution in [2.24, 2.45) is 0 Å². The Hall–Kier alpha value is -1.72. The Bertz CT molecular complexity index is 549. The van der Waals surface area contributed by atoms with E-state index in [9.17, 15) is 0 Å². The molecule has 1 aromatic carbocycles. The van der Waals surface area contributed by atoms with Crippen molar-refractivity contribution in [3.63, 3.8) is 0 Å². The number of aliphatic hydroxyl groups is 1. The van der Waals surface area contributed by atoms with Gasteiger partial charge in [-0.25, -0.2) is 0 Å². The van der Waals surface area contributed by atoms with Gasteiger partial charge in [-0.3, -0.25) is 4.98 Å². The van der Waals surface area contributed by atoms with Crippen LogP contribution in [0.2, 0.25) is 0 Å². The second-order valence-electron chi connectivity index (χ2n) is 3.73. The van der Waals surface area contributed by atoms with Crippen LogP contribution in [-0.4, -0.2) is 37.5 Å². The number of methoxy groups -OCH3 is 2. The number of aliphatic hydroxyl groups excluding tert-OH is 1. The summed E-state index contributed by atoms with van der Waals surface area (Å²) in [6.07, 6.45) is 1.72. The molecule has 0 radical (unpaired) electrons. The summed E-state index contributed by atoms with van der Waals surface area (Å²) in [4.78, 5) is 4.30. The largest absolute Gasteiger partial charge is 0.493 e. The molecule has 19 heavy (non-hydrogen) atoms. The highest BCUT2D eigenvalue weighted by Gasteiger charge is 2.09. The van der Waals surface area contributed by atoms with E-state index >= 15 is 0 Å². The first-order valence-electron chi connectivity index (χ1n) is 5.65. The summed E-state index contributed by atoms with van der Waals surface area (Å²) in [5, 5.41) is 12.9. The number of anilines is 1. The highest BCUT2D eigenvalue weighted by Crippen LogP contribution is 2.34. The predicted octanol–water partition coefficient (Wildman–Crippen LogP) is 2.08. The zero-order valence-electron chi connectivity index (χ0n) is 10.8. The number of hydrogen-bond acceptors (Lipinski definition) is 5. The van der Waals surface area contributed by atoms with Crippen LogP contribution in [0.15, 0.2) is 24.4 Å². The highest BCUT2D eigenvalue weighted by molar-refractivity contribution is 5.93. The van der Waals surface area contributed by atoms with Crippen molar-refractivity contribution in [3.05, 3.63) is 24.4 Å². The van der Waals surface area contributed by atoms with Gasteiger partial charge in [-0.15, -0.1) is 12.4 Å². The molecule has 0 unspecified atom stereocenters. The molecule has 0 saturated heterocycles. The van der Waals surface area contributed by atoms with Gasteiger partial charge in [0.05, 0.1) is 26.3 Å². The van der Waals surface area contributed by atoms with Crippen LogP contribution < -0.4 is 14.8 Å². The molecule has 2 rings (SSSR count). The summed E-state index contributed by atoms with van der Waals surface area (Å²) in [6.45, 7) is 0.574. The second-order valence-corrected chi connectivity index (χ2v) is 3.73. The second kappa shape index (κ2) is 7.01. The van der Waals surface area contributed by atoms with Gasteiger partial charge in [0.2, 0.25) is 0 Å². The lowest BCUT2D eigenvalue weighted by Crippen LogP contribution is -2.06. The van der Waals surface area contributed by atoms with E-state index in [2.05, 4.69) is 10.3 Å². The summed E-state index contributed by atoms with van der Waals surface area (Å²) in [6, 6.07) is 5.57. The summed E-state index contributed by atoms with van der Waals surface area (Å²) in [5.41, 5.74) is 1.73. The highest BCUT2D eigenvalue weighted by atomic mass is 35.5. The lowest BCUT2D eigenvalue weighted by molar-refractivity contribution is 0.311. The Labute approximate surface area is 118 Å². The first kappa shape index (κ1) is 15.3. The van der Waals surface area contributed by atoms with Gasteiger partial charge >= 0.3 is 0 Å². The number of hydrogen-bond donors (Lipinski definition) is 2. The smallest absolute Gasteiger partial charge is 0.162 e. The normalized spacial score (nSPS) is 9.84. The van der Waals surface area contributed by atoms with Crippen molar-refractivity contribution in [3.8, 4) is 11.5 Å². The van der Waals surface area contributed by atoms with Crippen LogP contribution in [0.25, 0.3) is 10.9 Å². The first-order valence-corrected chi connectivity index (χ1v) is 5.65. The maximum Gasteiger partial charge on any atom is 0.162 e. The van der Waals surface area contributed by atoms with Crippen molar-refractivity contribution < 1.29 is 14.6 Å². The zero-order valence-corrected chi connectivity index (χ0v) is 11.7. The van der Waals surface area contributed by atoms with E-state index in [1.54, 1.807) is 20.4 Å². The van der Waals surface area contributed by atoms with Crippen LogP contribution in [0.1, 0.15) is 0 Å². The van der Waals surface area contributed by atoms with E-state index in [0.29, 0.717) is 18.0 Å². The lowest BCUT2D eigenvalue weighted by Gasteiger charge is -2.12. The molecule has 0 saturated carbocycles. The van der Waals surface area contributed by atoms with Gasteiger partial charge in [0.15, 0.2) is 11.5 Å². The van der Waals surface area contributed by atoms with Crippen LogP contribution in [0.4, 0.5) is 5.69 Å². The average Bonchev–Trinajstić information content (AvgIpc) is 2.43. The van der Waals surface area contributed by atoms with Gasteiger partial charge in [-0.1, -0.05) is 0 Å². The van der Waals surface area contributed by atoms with Gasteiger partial charge in [0.1, 0.15) is 0 Å². The molecule has 0 bridgehead atoms. The van der Waals surface area contributed by atoms with Crippen molar-refractivity contribution in [1.82, 2.24) is 4.98 Å². The molecule has 5 nitrogen and oxygen atoms in total. The van der Waals surface area contributed by atoms with Crippen molar-refractivity contribution in [1.29, 1.82) is 0 Å². The average molecular weight is 285 g/mol. The molecule has 6 heteroatoms. The fraction of sp³-hybridized carbons (Fsp3) is 0.308. The Morgan fingerprint density at radius 3 is 2.53 bits per heavy atom. The topological polar surface area (TPSA) is 63.6 Å². The minimum absolute atomic E-state index is 0. The van der Waals surface area contributed by atoms with E-state index in [1.165, 1.54) is 0 Å². The summed E-state index contributed by atoms with van der Waals surface area (Å²) >= 11 is 0. The third-order valence-corrected chi connectivity index (χ3v) is 2.67. The zero-order chi connectivity index (χ0) is 13.0.